The first kappa shape index (κ1) is 13.3. The molecule has 1 unspecified atom stereocenters. The van der Waals surface area contributed by atoms with Gasteiger partial charge in [-0.05, 0) is 52.4 Å². The molecular formula is C17H18N2S. The highest BCUT2D eigenvalue weighted by atomic mass is 32.1. The molecule has 1 aromatic carbocycles. The van der Waals surface area contributed by atoms with Gasteiger partial charge >= 0.3 is 0 Å². The number of thiophene rings is 1. The molecule has 20 heavy (non-hydrogen) atoms. The van der Waals surface area contributed by atoms with Crippen LogP contribution in [0.2, 0.25) is 0 Å². The van der Waals surface area contributed by atoms with E-state index in [2.05, 4.69) is 58.3 Å². The summed E-state index contributed by atoms with van der Waals surface area (Å²) in [5.41, 5.74) is 2.64. The molecule has 2 aromatic heterocycles. The van der Waals surface area contributed by atoms with E-state index >= 15 is 0 Å². The lowest BCUT2D eigenvalue weighted by Gasteiger charge is -2.20. The maximum atomic E-state index is 4.29. The largest absolute Gasteiger partial charge is 0.306 e. The van der Waals surface area contributed by atoms with Crippen molar-refractivity contribution in [3.63, 3.8) is 0 Å². The summed E-state index contributed by atoms with van der Waals surface area (Å²) in [5, 5.41) is 10.5. The fraction of sp³-hybridized carbons (Fsp3) is 0.235. The molecule has 0 amide bonds. The number of hydrogen-bond acceptors (Lipinski definition) is 3. The third-order valence-electron chi connectivity index (χ3n) is 3.50. The molecule has 0 radical (unpaired) electrons. The Bertz CT molecular complexity index is 671. The number of hydrogen-bond donors (Lipinski definition) is 1. The van der Waals surface area contributed by atoms with Crippen molar-refractivity contribution < 1.29 is 0 Å². The SMILES string of the molecule is CCCNC(c1ccsc1)c1cccc2ccncc12. The second-order valence-electron chi connectivity index (χ2n) is 4.89. The van der Waals surface area contributed by atoms with Crippen LogP contribution in [-0.2, 0) is 0 Å². The first-order valence-corrected chi connectivity index (χ1v) is 7.92. The molecule has 0 saturated carbocycles. The molecule has 102 valence electrons. The van der Waals surface area contributed by atoms with Gasteiger partial charge < -0.3 is 5.32 Å². The van der Waals surface area contributed by atoms with Crippen molar-refractivity contribution in [1.29, 1.82) is 0 Å². The predicted octanol–water partition coefficient (Wildman–Crippen LogP) is 4.39. The molecule has 0 aliphatic carbocycles. The molecule has 0 saturated heterocycles. The zero-order valence-corrected chi connectivity index (χ0v) is 12.4. The highest BCUT2D eigenvalue weighted by Crippen LogP contribution is 2.29. The Hall–Kier alpha value is -1.71. The molecule has 3 heteroatoms. The lowest BCUT2D eigenvalue weighted by molar-refractivity contribution is 0.603. The van der Waals surface area contributed by atoms with Crippen molar-refractivity contribution in [1.82, 2.24) is 10.3 Å². The normalized spacial score (nSPS) is 12.7. The Morgan fingerprint density at radius 2 is 2.20 bits per heavy atom. The maximum absolute atomic E-state index is 4.29. The second kappa shape index (κ2) is 6.16. The molecular weight excluding hydrogens is 264 g/mol. The first-order valence-electron chi connectivity index (χ1n) is 6.98. The summed E-state index contributed by atoms with van der Waals surface area (Å²) in [6, 6.07) is 11.0. The number of nitrogens with one attached hydrogen (secondary N) is 1. The van der Waals surface area contributed by atoms with Gasteiger partial charge in [0.1, 0.15) is 0 Å². The van der Waals surface area contributed by atoms with Crippen LogP contribution < -0.4 is 5.32 Å². The minimum atomic E-state index is 0.245. The van der Waals surface area contributed by atoms with Gasteiger partial charge in [-0.2, -0.15) is 11.3 Å². The minimum Gasteiger partial charge on any atom is -0.306 e. The molecule has 1 atom stereocenters. The molecule has 3 rings (SSSR count). The van der Waals surface area contributed by atoms with Crippen LogP contribution in [0.1, 0.15) is 30.5 Å². The lowest BCUT2D eigenvalue weighted by atomic mass is 9.96. The van der Waals surface area contributed by atoms with Crippen LogP contribution in [0.4, 0.5) is 0 Å². The van der Waals surface area contributed by atoms with Gasteiger partial charge in [0.25, 0.3) is 0 Å². The van der Waals surface area contributed by atoms with Crippen LogP contribution in [0.3, 0.4) is 0 Å². The van der Waals surface area contributed by atoms with Crippen LogP contribution in [0, 0.1) is 0 Å². The van der Waals surface area contributed by atoms with Crippen molar-refractivity contribution in [3.05, 3.63) is 64.6 Å². The second-order valence-corrected chi connectivity index (χ2v) is 5.67. The van der Waals surface area contributed by atoms with Gasteiger partial charge in [0, 0.05) is 17.8 Å². The molecule has 2 heterocycles. The standard InChI is InChI=1S/C17H18N2S/c1-2-8-19-17(14-7-10-20-12-14)15-5-3-4-13-6-9-18-11-16(13)15/h3-7,9-12,17,19H,2,8H2,1H3. The average molecular weight is 282 g/mol. The minimum absolute atomic E-state index is 0.245. The highest BCUT2D eigenvalue weighted by Gasteiger charge is 2.16. The topological polar surface area (TPSA) is 24.9 Å². The van der Waals surface area contributed by atoms with E-state index in [1.54, 1.807) is 11.3 Å². The zero-order valence-electron chi connectivity index (χ0n) is 11.5. The summed E-state index contributed by atoms with van der Waals surface area (Å²) in [7, 11) is 0. The monoisotopic (exact) mass is 282 g/mol. The third kappa shape index (κ3) is 2.60. The molecule has 0 bridgehead atoms. The fourth-order valence-electron chi connectivity index (χ4n) is 2.52. The Kier molecular flexibility index (Phi) is 4.09. The number of aromatic nitrogens is 1. The van der Waals surface area contributed by atoms with Crippen LogP contribution in [0.25, 0.3) is 10.8 Å². The van der Waals surface area contributed by atoms with Gasteiger partial charge in [-0.3, -0.25) is 4.98 Å². The van der Waals surface area contributed by atoms with Crippen LogP contribution in [0.15, 0.2) is 53.5 Å². The molecule has 0 aliphatic rings. The van der Waals surface area contributed by atoms with Crippen LogP contribution in [-0.4, -0.2) is 11.5 Å². The quantitative estimate of drug-likeness (QED) is 0.751. The molecule has 3 aromatic rings. The zero-order chi connectivity index (χ0) is 13.8. The summed E-state index contributed by atoms with van der Waals surface area (Å²) in [6.07, 6.45) is 4.95. The molecule has 2 nitrogen and oxygen atoms in total. The van der Waals surface area contributed by atoms with E-state index in [-0.39, 0.29) is 6.04 Å². The van der Waals surface area contributed by atoms with E-state index in [0.29, 0.717) is 0 Å². The van der Waals surface area contributed by atoms with Crippen molar-refractivity contribution in [2.75, 3.05) is 6.54 Å². The van der Waals surface area contributed by atoms with Gasteiger partial charge in [0.2, 0.25) is 0 Å². The number of rotatable bonds is 5. The van der Waals surface area contributed by atoms with Crippen LogP contribution >= 0.6 is 11.3 Å². The summed E-state index contributed by atoms with van der Waals surface area (Å²) >= 11 is 1.75. The summed E-state index contributed by atoms with van der Waals surface area (Å²) in [6.45, 7) is 3.21. The van der Waals surface area contributed by atoms with E-state index in [9.17, 15) is 0 Å². The first-order chi connectivity index (χ1) is 9.90. The summed E-state index contributed by atoms with van der Waals surface area (Å²) < 4.78 is 0. The Morgan fingerprint density at radius 1 is 1.25 bits per heavy atom. The molecule has 0 spiro atoms. The smallest absolute Gasteiger partial charge is 0.0591 e. The van der Waals surface area contributed by atoms with Gasteiger partial charge in [-0.1, -0.05) is 25.1 Å². The van der Waals surface area contributed by atoms with E-state index in [1.807, 2.05) is 12.4 Å². The van der Waals surface area contributed by atoms with Crippen LogP contribution in [0.5, 0.6) is 0 Å². The van der Waals surface area contributed by atoms with E-state index in [1.165, 1.54) is 21.9 Å². The van der Waals surface area contributed by atoms with Crippen molar-refractivity contribution in [2.24, 2.45) is 0 Å². The van der Waals surface area contributed by atoms with Gasteiger partial charge in [-0.25, -0.2) is 0 Å². The Morgan fingerprint density at radius 3 is 3.00 bits per heavy atom. The third-order valence-corrected chi connectivity index (χ3v) is 4.20. The summed E-state index contributed by atoms with van der Waals surface area (Å²) in [4.78, 5) is 4.29. The molecule has 0 aliphatic heterocycles. The highest BCUT2D eigenvalue weighted by molar-refractivity contribution is 7.08. The Labute approximate surface area is 123 Å². The van der Waals surface area contributed by atoms with E-state index in [0.717, 1.165) is 13.0 Å². The number of fused-ring (bicyclic) bond motifs is 1. The maximum Gasteiger partial charge on any atom is 0.0591 e. The van der Waals surface area contributed by atoms with E-state index < -0.39 is 0 Å². The Balaban J connectivity index is 2.09. The van der Waals surface area contributed by atoms with Crippen molar-refractivity contribution >= 4 is 22.1 Å². The van der Waals surface area contributed by atoms with Crippen molar-refractivity contribution in [3.8, 4) is 0 Å². The fourth-order valence-corrected chi connectivity index (χ4v) is 3.21. The lowest BCUT2D eigenvalue weighted by Crippen LogP contribution is -2.23. The number of nitrogens with zero attached hydrogens (tertiary/aromatic N) is 1. The molecule has 1 N–H and O–H groups in total. The van der Waals surface area contributed by atoms with Gasteiger partial charge in [0.15, 0.2) is 0 Å². The van der Waals surface area contributed by atoms with Gasteiger partial charge in [-0.15, -0.1) is 0 Å². The summed E-state index contributed by atoms with van der Waals surface area (Å²) in [5.74, 6) is 0. The molecule has 0 fully saturated rings. The van der Waals surface area contributed by atoms with Gasteiger partial charge in [0.05, 0.1) is 6.04 Å². The average Bonchev–Trinajstić information content (AvgIpc) is 3.02. The number of benzene rings is 1. The number of pyridine rings is 1. The predicted molar refractivity (Wildman–Crippen MR) is 86.2 cm³/mol. The van der Waals surface area contributed by atoms with Crippen molar-refractivity contribution in [2.45, 2.75) is 19.4 Å². The van der Waals surface area contributed by atoms with E-state index in [4.69, 9.17) is 0 Å².